The maximum absolute atomic E-state index is 13.8. The number of anilines is 1. The Labute approximate surface area is 238 Å². The second-order valence-corrected chi connectivity index (χ2v) is 12.1. The molecule has 0 heterocycles. The number of nitrogens with zero attached hydrogens (tertiary/aromatic N) is 2. The molecule has 38 heavy (non-hydrogen) atoms. The lowest BCUT2D eigenvalue weighted by molar-refractivity contribution is -0.139. The monoisotopic (exact) mass is 593 g/mol. The molecule has 3 aromatic carbocycles. The Kier molecular flexibility index (Phi) is 10.1. The van der Waals surface area contributed by atoms with Crippen molar-refractivity contribution in [3.63, 3.8) is 0 Å². The zero-order valence-electron chi connectivity index (χ0n) is 21.4. The van der Waals surface area contributed by atoms with Crippen LogP contribution in [0.3, 0.4) is 0 Å². The van der Waals surface area contributed by atoms with Crippen molar-refractivity contribution in [1.82, 2.24) is 10.2 Å². The Balaban J connectivity index is 2.06. The van der Waals surface area contributed by atoms with Crippen LogP contribution in [0.15, 0.2) is 76.5 Å². The first kappa shape index (κ1) is 29.8. The molecule has 0 radical (unpaired) electrons. The first-order valence-electron chi connectivity index (χ1n) is 11.7. The maximum Gasteiger partial charge on any atom is 0.264 e. The molecule has 3 aromatic rings. The highest BCUT2D eigenvalue weighted by molar-refractivity contribution is 7.98. The van der Waals surface area contributed by atoms with Gasteiger partial charge in [-0.05, 0) is 68.6 Å². The Hall–Kier alpha value is -2.72. The fourth-order valence-electron chi connectivity index (χ4n) is 3.76. The van der Waals surface area contributed by atoms with Gasteiger partial charge in [0.05, 0.1) is 10.6 Å². The summed E-state index contributed by atoms with van der Waals surface area (Å²) in [4.78, 5) is 28.6. The molecule has 11 heteroatoms. The van der Waals surface area contributed by atoms with Crippen LogP contribution in [0.2, 0.25) is 10.0 Å². The van der Waals surface area contributed by atoms with Crippen LogP contribution < -0.4 is 9.62 Å². The van der Waals surface area contributed by atoms with E-state index in [9.17, 15) is 18.0 Å². The van der Waals surface area contributed by atoms with Crippen LogP contribution in [0.25, 0.3) is 0 Å². The average Bonchev–Trinajstić information content (AvgIpc) is 2.91. The van der Waals surface area contributed by atoms with Crippen LogP contribution in [-0.4, -0.2) is 51.0 Å². The van der Waals surface area contributed by atoms with Crippen LogP contribution in [-0.2, 0) is 26.2 Å². The van der Waals surface area contributed by atoms with Crippen LogP contribution >= 0.6 is 35.0 Å². The molecule has 202 valence electrons. The smallest absolute Gasteiger partial charge is 0.264 e. The van der Waals surface area contributed by atoms with E-state index in [0.717, 1.165) is 14.8 Å². The minimum absolute atomic E-state index is 0.0451. The van der Waals surface area contributed by atoms with E-state index in [1.54, 1.807) is 61.5 Å². The Bertz CT molecular complexity index is 1380. The highest BCUT2D eigenvalue weighted by Gasteiger charge is 2.33. The van der Waals surface area contributed by atoms with Gasteiger partial charge in [0.15, 0.2) is 0 Å². The number of hydrogen-bond acceptors (Lipinski definition) is 5. The van der Waals surface area contributed by atoms with Crippen molar-refractivity contribution in [2.75, 3.05) is 24.2 Å². The van der Waals surface area contributed by atoms with Gasteiger partial charge in [0, 0.05) is 34.1 Å². The number of carbonyl (C=O) groups excluding carboxylic acids is 2. The number of benzene rings is 3. The summed E-state index contributed by atoms with van der Waals surface area (Å²) in [5.41, 5.74) is 1.71. The molecule has 0 spiro atoms. The van der Waals surface area contributed by atoms with Gasteiger partial charge in [0.25, 0.3) is 10.0 Å². The Morgan fingerprint density at radius 1 is 0.974 bits per heavy atom. The van der Waals surface area contributed by atoms with Crippen molar-refractivity contribution in [2.45, 2.75) is 36.2 Å². The van der Waals surface area contributed by atoms with Crippen LogP contribution in [0.5, 0.6) is 0 Å². The summed E-state index contributed by atoms with van der Waals surface area (Å²) in [6.07, 6.45) is 1.90. The predicted octanol–water partition coefficient (Wildman–Crippen LogP) is 5.38. The van der Waals surface area contributed by atoms with E-state index in [4.69, 9.17) is 23.2 Å². The summed E-state index contributed by atoms with van der Waals surface area (Å²) in [5, 5.41) is 3.20. The minimum atomic E-state index is -4.14. The second kappa shape index (κ2) is 12.9. The number of sulfonamides is 1. The molecular weight excluding hydrogens is 565 g/mol. The molecule has 7 nitrogen and oxygen atoms in total. The molecule has 3 rings (SSSR count). The largest absolute Gasteiger partial charge is 0.357 e. The number of thioether (sulfide) groups is 1. The van der Waals surface area contributed by atoms with Crippen molar-refractivity contribution < 1.29 is 18.0 Å². The number of rotatable bonds is 10. The number of hydrogen-bond donors (Lipinski definition) is 1. The summed E-state index contributed by atoms with van der Waals surface area (Å²) in [7, 11) is -2.67. The number of nitrogens with one attached hydrogen (secondary N) is 1. The highest BCUT2D eigenvalue weighted by Crippen LogP contribution is 2.29. The summed E-state index contributed by atoms with van der Waals surface area (Å²) in [5.74, 6) is -1.01. The van der Waals surface area contributed by atoms with Crippen LogP contribution in [0.1, 0.15) is 18.1 Å². The molecule has 2 amide bonds. The van der Waals surface area contributed by atoms with Gasteiger partial charge in [-0.1, -0.05) is 47.0 Å². The van der Waals surface area contributed by atoms with Gasteiger partial charge in [-0.15, -0.1) is 11.8 Å². The van der Waals surface area contributed by atoms with Crippen LogP contribution in [0.4, 0.5) is 5.69 Å². The third-order valence-electron chi connectivity index (χ3n) is 6.05. The molecule has 1 N–H and O–H groups in total. The lowest BCUT2D eigenvalue weighted by atomic mass is 10.1. The highest BCUT2D eigenvalue weighted by atomic mass is 35.5. The van der Waals surface area contributed by atoms with Gasteiger partial charge in [-0.2, -0.15) is 0 Å². The van der Waals surface area contributed by atoms with E-state index in [1.807, 2.05) is 13.2 Å². The summed E-state index contributed by atoms with van der Waals surface area (Å²) < 4.78 is 28.7. The fourth-order valence-corrected chi connectivity index (χ4v) is 6.10. The Morgan fingerprint density at radius 3 is 2.08 bits per heavy atom. The molecule has 0 aliphatic carbocycles. The molecule has 0 aliphatic heterocycles. The lowest BCUT2D eigenvalue weighted by Crippen LogP contribution is -2.50. The second-order valence-electron chi connectivity index (χ2n) is 8.53. The number of carbonyl (C=O) groups is 2. The molecule has 0 saturated heterocycles. The lowest BCUT2D eigenvalue weighted by Gasteiger charge is -2.32. The third kappa shape index (κ3) is 6.83. The molecule has 0 bridgehead atoms. The third-order valence-corrected chi connectivity index (χ3v) is 9.29. The maximum atomic E-state index is 13.8. The quantitative estimate of drug-likeness (QED) is 0.319. The number of halogens is 2. The SMILES string of the molecule is CNC(=O)[C@@H](C)N(Cc1c(Cl)cccc1Cl)C(=O)CN(c1ccc(C)cc1)S(=O)(=O)c1ccc(SC)cc1. The predicted molar refractivity (Wildman–Crippen MR) is 154 cm³/mol. The van der Waals surface area contributed by atoms with Crippen molar-refractivity contribution in [3.8, 4) is 0 Å². The molecule has 1 atom stereocenters. The van der Waals surface area contributed by atoms with Crippen molar-refractivity contribution in [1.29, 1.82) is 0 Å². The molecule has 0 aliphatic rings. The first-order chi connectivity index (χ1) is 18.0. The summed E-state index contributed by atoms with van der Waals surface area (Å²) in [6, 6.07) is 17.3. The van der Waals surface area contributed by atoms with E-state index < -0.39 is 34.4 Å². The minimum Gasteiger partial charge on any atom is -0.357 e. The molecule has 0 aromatic heterocycles. The van der Waals surface area contributed by atoms with E-state index >= 15 is 0 Å². The van der Waals surface area contributed by atoms with Crippen molar-refractivity contribution in [3.05, 3.63) is 87.9 Å². The van der Waals surface area contributed by atoms with Gasteiger partial charge in [-0.25, -0.2) is 8.42 Å². The first-order valence-corrected chi connectivity index (χ1v) is 15.1. The number of likely N-dealkylation sites (N-methyl/N-ethyl adjacent to an activating group) is 1. The molecule has 0 unspecified atom stereocenters. The average molecular weight is 595 g/mol. The van der Waals surface area contributed by atoms with E-state index in [-0.39, 0.29) is 11.4 Å². The van der Waals surface area contributed by atoms with Gasteiger partial charge in [0.1, 0.15) is 12.6 Å². The van der Waals surface area contributed by atoms with Gasteiger partial charge in [-0.3, -0.25) is 13.9 Å². The zero-order chi connectivity index (χ0) is 28.0. The fraction of sp³-hybridized carbons (Fsp3) is 0.259. The van der Waals surface area contributed by atoms with Crippen molar-refractivity contribution >= 4 is 62.5 Å². The summed E-state index contributed by atoms with van der Waals surface area (Å²) in [6.45, 7) is 2.82. The van der Waals surface area contributed by atoms with Gasteiger partial charge in [0.2, 0.25) is 11.8 Å². The van der Waals surface area contributed by atoms with E-state index in [0.29, 0.717) is 21.3 Å². The molecule has 0 saturated carbocycles. The van der Waals surface area contributed by atoms with Crippen molar-refractivity contribution in [2.24, 2.45) is 0 Å². The molecule has 0 fully saturated rings. The standard InChI is InChI=1S/C27H29Cl2N3O4S2/c1-18-8-10-20(11-9-18)32(38(35,36)22-14-12-21(37-4)13-15-22)17-26(33)31(19(2)27(34)30-3)16-23-24(28)6-5-7-25(23)29/h5-15,19H,16-17H2,1-4H3,(H,30,34)/t19-/m1/s1. The summed E-state index contributed by atoms with van der Waals surface area (Å²) >= 11 is 14.2. The number of amides is 2. The van der Waals surface area contributed by atoms with E-state index in [2.05, 4.69) is 5.32 Å². The normalized spacial score (nSPS) is 12.1. The van der Waals surface area contributed by atoms with E-state index in [1.165, 1.54) is 35.8 Å². The van der Waals surface area contributed by atoms with Gasteiger partial charge < -0.3 is 10.2 Å². The number of aryl methyl sites for hydroxylation is 1. The molecular formula is C27H29Cl2N3O4S2. The Morgan fingerprint density at radius 2 is 1.55 bits per heavy atom. The van der Waals surface area contributed by atoms with Crippen LogP contribution in [0, 0.1) is 6.92 Å². The topological polar surface area (TPSA) is 86.8 Å². The zero-order valence-corrected chi connectivity index (χ0v) is 24.6. The van der Waals surface area contributed by atoms with Gasteiger partial charge >= 0.3 is 0 Å².